The summed E-state index contributed by atoms with van der Waals surface area (Å²) in [5, 5.41) is 9.94. The molecular formula is C25H27ClN2O5S. The zero-order chi connectivity index (χ0) is 24.0. The van der Waals surface area contributed by atoms with Crippen molar-refractivity contribution in [1.29, 1.82) is 0 Å². The van der Waals surface area contributed by atoms with Crippen molar-refractivity contribution < 1.29 is 24.2 Å². The van der Waals surface area contributed by atoms with Gasteiger partial charge in [0.1, 0.15) is 6.04 Å². The molecular weight excluding hydrogens is 476 g/mol. The Labute approximate surface area is 207 Å². The first kappa shape index (κ1) is 23.5. The lowest BCUT2D eigenvalue weighted by Crippen LogP contribution is -2.54. The molecule has 2 amide bonds. The predicted molar refractivity (Wildman–Crippen MR) is 131 cm³/mol. The van der Waals surface area contributed by atoms with Crippen molar-refractivity contribution in [3.63, 3.8) is 0 Å². The minimum atomic E-state index is -0.939. The molecule has 1 N–H and O–H groups in total. The Kier molecular flexibility index (Phi) is 6.25. The van der Waals surface area contributed by atoms with E-state index in [4.69, 9.17) is 16.3 Å². The molecule has 5 rings (SSSR count). The highest BCUT2D eigenvalue weighted by Crippen LogP contribution is 2.60. The Morgan fingerprint density at radius 1 is 1.24 bits per heavy atom. The molecule has 1 aromatic rings. The first-order valence-corrected chi connectivity index (χ1v) is 12.8. The lowest BCUT2D eigenvalue weighted by Gasteiger charge is -2.35. The summed E-state index contributed by atoms with van der Waals surface area (Å²) >= 11 is 8.01. The normalized spacial score (nSPS) is 33.9. The number of amides is 2. The number of fused-ring (bicyclic) bond motifs is 2. The molecule has 1 unspecified atom stereocenters. The average Bonchev–Trinajstić information content (AvgIpc) is 3.20. The van der Waals surface area contributed by atoms with Crippen LogP contribution in [0.4, 0.5) is 5.69 Å². The predicted octanol–water partition coefficient (Wildman–Crippen LogP) is 2.73. The van der Waals surface area contributed by atoms with Crippen LogP contribution in [-0.4, -0.2) is 70.1 Å². The number of esters is 1. The second-order valence-electron chi connectivity index (χ2n) is 9.09. The van der Waals surface area contributed by atoms with Gasteiger partial charge in [-0.1, -0.05) is 48.0 Å². The second kappa shape index (κ2) is 9.06. The Morgan fingerprint density at radius 3 is 2.82 bits per heavy atom. The number of rotatable bonds is 3. The van der Waals surface area contributed by atoms with Crippen LogP contribution in [0.2, 0.25) is 5.02 Å². The Hall–Kier alpha value is -2.29. The summed E-state index contributed by atoms with van der Waals surface area (Å²) in [6.07, 6.45) is 9.39. The van der Waals surface area contributed by atoms with Crippen molar-refractivity contribution >= 4 is 46.8 Å². The number of carbonyl (C=O) groups excluding carboxylic acids is 3. The molecule has 4 aliphatic rings. The van der Waals surface area contributed by atoms with E-state index < -0.39 is 28.6 Å². The molecule has 5 atom stereocenters. The number of benzene rings is 1. The molecule has 4 aliphatic heterocycles. The molecule has 0 aliphatic carbocycles. The van der Waals surface area contributed by atoms with Gasteiger partial charge in [0, 0.05) is 18.3 Å². The number of hydrogen-bond donors (Lipinski definition) is 1. The van der Waals surface area contributed by atoms with E-state index >= 15 is 0 Å². The summed E-state index contributed by atoms with van der Waals surface area (Å²) in [7, 11) is 0. The molecule has 1 aromatic carbocycles. The number of aliphatic hydroxyl groups is 1. The molecule has 7 nitrogen and oxygen atoms in total. The van der Waals surface area contributed by atoms with Gasteiger partial charge in [-0.15, -0.1) is 11.8 Å². The summed E-state index contributed by atoms with van der Waals surface area (Å²) in [5.41, 5.74) is 1.46. The maximum absolute atomic E-state index is 14.2. The Balaban J connectivity index is 1.63. The summed E-state index contributed by atoms with van der Waals surface area (Å²) in [4.78, 5) is 44.2. The quantitative estimate of drug-likeness (QED) is 0.505. The maximum atomic E-state index is 14.2. The number of hydrogen-bond acceptors (Lipinski definition) is 6. The first-order valence-electron chi connectivity index (χ1n) is 11.6. The van der Waals surface area contributed by atoms with Crippen LogP contribution in [0.15, 0.2) is 42.5 Å². The SMILES string of the molecule is Cc1cccc(Cl)c1N1CC=C[C@]23S[C@H]4/C=C\CCCOC(=O)[C@H]4[C@H]2C(=O)N(CCO)C3C1=O. The van der Waals surface area contributed by atoms with E-state index in [9.17, 15) is 19.5 Å². The van der Waals surface area contributed by atoms with Crippen molar-refractivity contribution in [3.05, 3.63) is 53.1 Å². The van der Waals surface area contributed by atoms with Gasteiger partial charge in [0.2, 0.25) is 5.91 Å². The Morgan fingerprint density at radius 2 is 2.06 bits per heavy atom. The van der Waals surface area contributed by atoms with Crippen LogP contribution in [0, 0.1) is 18.8 Å². The molecule has 2 fully saturated rings. The standard InChI is InChI=1S/C25H27ClN2O5S/c1-15-7-5-8-16(26)20(15)27-11-6-10-25-19(22(30)28(12-13-29)21(25)23(27)31)18-17(34-25)9-3-2-4-14-33-24(18)32/h3,5-10,17-19,21,29H,2,4,11-14H2,1H3/b9-3-/t17-,18+,19-,21?,25-/m0/s1. The number of para-hydroxylation sites is 1. The number of likely N-dealkylation sites (tertiary alicyclic amines) is 1. The smallest absolute Gasteiger partial charge is 0.311 e. The summed E-state index contributed by atoms with van der Waals surface area (Å²) in [6, 6.07) is 4.60. The van der Waals surface area contributed by atoms with E-state index in [1.807, 2.05) is 43.4 Å². The van der Waals surface area contributed by atoms with Crippen LogP contribution in [0.25, 0.3) is 0 Å². The minimum absolute atomic E-state index is 0.0134. The lowest BCUT2D eigenvalue weighted by atomic mass is 9.78. The van der Waals surface area contributed by atoms with E-state index in [0.29, 0.717) is 23.9 Å². The van der Waals surface area contributed by atoms with Crippen LogP contribution in [0.1, 0.15) is 18.4 Å². The van der Waals surface area contributed by atoms with Crippen molar-refractivity contribution in [2.45, 2.75) is 35.8 Å². The highest BCUT2D eigenvalue weighted by molar-refractivity contribution is 8.02. The zero-order valence-electron chi connectivity index (χ0n) is 18.9. The molecule has 34 heavy (non-hydrogen) atoms. The topological polar surface area (TPSA) is 87.2 Å². The molecule has 0 radical (unpaired) electrons. The largest absolute Gasteiger partial charge is 0.465 e. The Bertz CT molecular complexity index is 1070. The van der Waals surface area contributed by atoms with Gasteiger partial charge in [-0.3, -0.25) is 14.4 Å². The lowest BCUT2D eigenvalue weighted by molar-refractivity contribution is -0.153. The number of thioether (sulfide) groups is 1. The number of ether oxygens (including phenoxy) is 1. The summed E-state index contributed by atoms with van der Waals surface area (Å²) < 4.78 is 4.60. The van der Waals surface area contributed by atoms with Crippen molar-refractivity contribution in [1.82, 2.24) is 4.90 Å². The summed E-state index contributed by atoms with van der Waals surface area (Å²) in [6.45, 7) is 2.23. The van der Waals surface area contributed by atoms with Gasteiger partial charge in [0.25, 0.3) is 5.91 Å². The molecule has 180 valence electrons. The molecule has 0 bridgehead atoms. The molecule has 4 heterocycles. The van der Waals surface area contributed by atoms with Crippen LogP contribution < -0.4 is 4.90 Å². The van der Waals surface area contributed by atoms with Gasteiger partial charge in [0.15, 0.2) is 0 Å². The van der Waals surface area contributed by atoms with E-state index in [-0.39, 0.29) is 30.2 Å². The zero-order valence-corrected chi connectivity index (χ0v) is 20.4. The number of β-amino-alcohol motifs (C(OH)–C–C–N with tert-alkyl or cyclic N) is 1. The fourth-order valence-corrected chi connectivity index (χ4v) is 8.09. The third-order valence-electron chi connectivity index (χ3n) is 7.15. The fraction of sp³-hybridized carbons (Fsp3) is 0.480. The van der Waals surface area contributed by atoms with Gasteiger partial charge >= 0.3 is 5.97 Å². The van der Waals surface area contributed by atoms with E-state index in [1.165, 1.54) is 16.7 Å². The monoisotopic (exact) mass is 502 g/mol. The van der Waals surface area contributed by atoms with Gasteiger partial charge in [0.05, 0.1) is 40.5 Å². The third kappa shape index (κ3) is 3.49. The highest BCUT2D eigenvalue weighted by Gasteiger charge is 2.71. The van der Waals surface area contributed by atoms with Crippen molar-refractivity contribution in [3.8, 4) is 0 Å². The number of carbonyl (C=O) groups is 3. The number of aliphatic hydroxyl groups excluding tert-OH is 1. The van der Waals surface area contributed by atoms with E-state index in [1.54, 1.807) is 11.0 Å². The van der Waals surface area contributed by atoms with Crippen molar-refractivity contribution in [2.24, 2.45) is 11.8 Å². The summed E-state index contributed by atoms with van der Waals surface area (Å²) in [5.74, 6) is -2.39. The van der Waals surface area contributed by atoms with Gasteiger partial charge in [-0.2, -0.15) is 0 Å². The molecule has 0 aromatic heterocycles. The van der Waals surface area contributed by atoms with Gasteiger partial charge < -0.3 is 19.6 Å². The second-order valence-corrected chi connectivity index (χ2v) is 11.0. The number of halogens is 1. The number of cyclic esters (lactones) is 1. The third-order valence-corrected chi connectivity index (χ3v) is 9.20. The fourth-order valence-electron chi connectivity index (χ4n) is 5.77. The molecule has 0 saturated carbocycles. The van der Waals surface area contributed by atoms with E-state index in [2.05, 4.69) is 0 Å². The average molecular weight is 503 g/mol. The number of aryl methyl sites for hydroxylation is 1. The van der Waals surface area contributed by atoms with Crippen LogP contribution >= 0.6 is 23.4 Å². The maximum Gasteiger partial charge on any atom is 0.311 e. The first-order chi connectivity index (χ1) is 16.4. The molecule has 1 spiro atoms. The molecule has 2 saturated heterocycles. The van der Waals surface area contributed by atoms with Crippen LogP contribution in [-0.2, 0) is 19.1 Å². The molecule has 9 heteroatoms. The minimum Gasteiger partial charge on any atom is -0.465 e. The van der Waals surface area contributed by atoms with Crippen LogP contribution in [0.3, 0.4) is 0 Å². The number of allylic oxidation sites excluding steroid dienone is 1. The van der Waals surface area contributed by atoms with Crippen LogP contribution in [0.5, 0.6) is 0 Å². The number of anilines is 1. The van der Waals surface area contributed by atoms with Gasteiger partial charge in [-0.05, 0) is 31.4 Å². The highest BCUT2D eigenvalue weighted by atomic mass is 35.5. The number of nitrogens with zero attached hydrogens (tertiary/aromatic N) is 2. The van der Waals surface area contributed by atoms with Crippen molar-refractivity contribution in [2.75, 3.05) is 31.2 Å². The van der Waals surface area contributed by atoms with Gasteiger partial charge in [-0.25, -0.2) is 0 Å². The van der Waals surface area contributed by atoms with E-state index in [0.717, 1.165) is 18.4 Å².